The van der Waals surface area contributed by atoms with Gasteiger partial charge in [0.2, 0.25) is 8.32 Å². The normalized spacial score (nSPS) is 34.3. The van der Waals surface area contributed by atoms with Crippen LogP contribution in [0, 0.1) is 17.3 Å². The fourth-order valence-corrected chi connectivity index (χ4v) is 8.74. The maximum Gasteiger partial charge on any atom is 0.242 e. The molecule has 0 saturated heterocycles. The van der Waals surface area contributed by atoms with Crippen LogP contribution in [-0.2, 0) is 10.8 Å². The van der Waals surface area contributed by atoms with Crippen LogP contribution >= 0.6 is 0 Å². The standard InChI is InChI=1S/C24H41NO2Si2/c1-24-15-14-17-16-10-12-21(26-28(2,3)4)23(25)19(16)9-8-18(17)20(24)11-13-22(24)27-29(5,6)7/h10,12,17-18,20,22H,8-9,11,13-15,25H2,1-7H3. The van der Waals surface area contributed by atoms with Gasteiger partial charge in [0.25, 0.3) is 0 Å². The first-order valence-electron chi connectivity index (χ1n) is 11.7. The van der Waals surface area contributed by atoms with E-state index in [2.05, 4.69) is 58.3 Å². The van der Waals surface area contributed by atoms with E-state index in [4.69, 9.17) is 14.6 Å². The Hall–Kier alpha value is -0.786. The van der Waals surface area contributed by atoms with E-state index in [-0.39, 0.29) is 0 Å². The average Bonchev–Trinajstić information content (AvgIpc) is 2.91. The summed E-state index contributed by atoms with van der Waals surface area (Å²) in [5.41, 5.74) is 10.8. The van der Waals surface area contributed by atoms with Crippen molar-refractivity contribution in [3.05, 3.63) is 23.3 Å². The lowest BCUT2D eigenvalue weighted by Gasteiger charge is -2.51. The molecule has 0 radical (unpaired) electrons. The van der Waals surface area contributed by atoms with Crippen molar-refractivity contribution in [3.63, 3.8) is 0 Å². The first-order valence-corrected chi connectivity index (χ1v) is 18.5. The summed E-state index contributed by atoms with van der Waals surface area (Å²) in [6.07, 6.45) is 8.03. The van der Waals surface area contributed by atoms with Crippen LogP contribution in [0.4, 0.5) is 5.69 Å². The molecule has 1 aromatic rings. The van der Waals surface area contributed by atoms with Crippen molar-refractivity contribution in [2.75, 3.05) is 5.73 Å². The number of fused-ring (bicyclic) bond motifs is 5. The van der Waals surface area contributed by atoms with Crippen LogP contribution in [0.25, 0.3) is 0 Å². The van der Waals surface area contributed by atoms with Crippen LogP contribution in [0.2, 0.25) is 39.3 Å². The van der Waals surface area contributed by atoms with Gasteiger partial charge in [0.15, 0.2) is 8.32 Å². The second-order valence-electron chi connectivity index (χ2n) is 12.0. The van der Waals surface area contributed by atoms with Crippen molar-refractivity contribution in [1.82, 2.24) is 0 Å². The number of rotatable bonds is 4. The number of hydrogen-bond donors (Lipinski definition) is 1. The van der Waals surface area contributed by atoms with Gasteiger partial charge in [-0.05, 0) is 118 Å². The van der Waals surface area contributed by atoms with Crippen LogP contribution in [0.3, 0.4) is 0 Å². The minimum Gasteiger partial charge on any atom is -0.543 e. The summed E-state index contributed by atoms with van der Waals surface area (Å²) in [6, 6.07) is 4.51. The highest BCUT2D eigenvalue weighted by Gasteiger charge is 2.56. The molecule has 3 nitrogen and oxygen atoms in total. The van der Waals surface area contributed by atoms with E-state index >= 15 is 0 Å². The molecular formula is C24H41NO2Si2. The quantitative estimate of drug-likeness (QED) is 0.434. The zero-order valence-electron chi connectivity index (χ0n) is 19.6. The largest absolute Gasteiger partial charge is 0.543 e. The molecule has 162 valence electrons. The fraction of sp³-hybridized carbons (Fsp3) is 0.750. The van der Waals surface area contributed by atoms with Crippen molar-refractivity contribution in [2.24, 2.45) is 17.3 Å². The predicted molar refractivity (Wildman–Crippen MR) is 128 cm³/mol. The molecule has 0 spiro atoms. The smallest absolute Gasteiger partial charge is 0.242 e. The Morgan fingerprint density at radius 1 is 0.966 bits per heavy atom. The topological polar surface area (TPSA) is 44.5 Å². The molecule has 0 aromatic heterocycles. The fourth-order valence-electron chi connectivity index (χ4n) is 6.66. The summed E-state index contributed by atoms with van der Waals surface area (Å²) in [5, 5.41) is 0. The van der Waals surface area contributed by atoms with Gasteiger partial charge in [-0.3, -0.25) is 0 Å². The number of nitrogen functional groups attached to an aromatic ring is 1. The third-order valence-corrected chi connectivity index (χ3v) is 9.57. The van der Waals surface area contributed by atoms with Gasteiger partial charge < -0.3 is 14.6 Å². The third kappa shape index (κ3) is 3.95. The van der Waals surface area contributed by atoms with Crippen molar-refractivity contribution in [3.8, 4) is 5.75 Å². The Balaban J connectivity index is 1.60. The number of benzene rings is 1. The van der Waals surface area contributed by atoms with E-state index in [0.29, 0.717) is 17.4 Å². The second-order valence-corrected chi connectivity index (χ2v) is 20.9. The van der Waals surface area contributed by atoms with Crippen LogP contribution in [0.15, 0.2) is 12.1 Å². The van der Waals surface area contributed by atoms with Crippen LogP contribution in [-0.4, -0.2) is 22.7 Å². The molecule has 2 saturated carbocycles. The van der Waals surface area contributed by atoms with E-state index in [1.165, 1.54) is 43.2 Å². The lowest BCUT2D eigenvalue weighted by atomic mass is 9.55. The van der Waals surface area contributed by atoms with Gasteiger partial charge in [-0.25, -0.2) is 0 Å². The minimum absolute atomic E-state index is 0.366. The molecule has 29 heavy (non-hydrogen) atoms. The number of hydrogen-bond acceptors (Lipinski definition) is 3. The Labute approximate surface area is 180 Å². The number of nitrogens with two attached hydrogens (primary N) is 1. The first-order chi connectivity index (χ1) is 13.4. The molecule has 0 bridgehead atoms. The number of anilines is 1. The van der Waals surface area contributed by atoms with Crippen molar-refractivity contribution < 1.29 is 8.85 Å². The van der Waals surface area contributed by atoms with Gasteiger partial charge in [-0.2, -0.15) is 0 Å². The molecule has 3 aliphatic rings. The lowest BCUT2D eigenvalue weighted by molar-refractivity contribution is -0.0140. The van der Waals surface area contributed by atoms with Gasteiger partial charge in [-0.15, -0.1) is 0 Å². The van der Waals surface area contributed by atoms with Crippen molar-refractivity contribution in [2.45, 2.75) is 96.8 Å². The summed E-state index contributed by atoms with van der Waals surface area (Å²) < 4.78 is 13.0. The summed E-state index contributed by atoms with van der Waals surface area (Å²) >= 11 is 0. The van der Waals surface area contributed by atoms with Gasteiger partial charge in [0.05, 0.1) is 11.8 Å². The van der Waals surface area contributed by atoms with E-state index in [9.17, 15) is 0 Å². The molecule has 0 heterocycles. The Bertz CT molecular complexity index is 782. The molecule has 4 rings (SSSR count). The molecular weight excluding hydrogens is 390 g/mol. The SMILES string of the molecule is CC12CCC3c4ccc(O[Si](C)(C)C)c(N)c4CCC3C1CCC2O[Si](C)(C)C. The Morgan fingerprint density at radius 2 is 1.69 bits per heavy atom. The van der Waals surface area contributed by atoms with E-state index in [0.717, 1.165) is 29.7 Å². The Kier molecular flexibility index (Phi) is 5.27. The third-order valence-electron chi connectivity index (χ3n) is 7.74. The van der Waals surface area contributed by atoms with E-state index < -0.39 is 16.6 Å². The highest BCUT2D eigenvalue weighted by molar-refractivity contribution is 6.70. The molecule has 0 amide bonds. The van der Waals surface area contributed by atoms with E-state index in [1.54, 1.807) is 0 Å². The van der Waals surface area contributed by atoms with Gasteiger partial charge in [0, 0.05) is 0 Å². The maximum atomic E-state index is 6.71. The zero-order valence-corrected chi connectivity index (χ0v) is 21.6. The molecule has 5 heteroatoms. The van der Waals surface area contributed by atoms with Crippen molar-refractivity contribution in [1.29, 1.82) is 0 Å². The highest BCUT2D eigenvalue weighted by Crippen LogP contribution is 2.62. The summed E-state index contributed by atoms with van der Waals surface area (Å²) in [7, 11) is -3.16. The summed E-state index contributed by atoms with van der Waals surface area (Å²) in [4.78, 5) is 0. The minimum atomic E-state index is -1.65. The molecule has 5 unspecified atom stereocenters. The van der Waals surface area contributed by atoms with Gasteiger partial charge in [-0.1, -0.05) is 13.0 Å². The monoisotopic (exact) mass is 431 g/mol. The molecule has 0 aliphatic heterocycles. The summed E-state index contributed by atoms with van der Waals surface area (Å²) in [5.74, 6) is 3.19. The molecule has 2 N–H and O–H groups in total. The van der Waals surface area contributed by atoms with E-state index in [1.807, 2.05) is 0 Å². The molecule has 5 atom stereocenters. The average molecular weight is 432 g/mol. The molecule has 3 aliphatic carbocycles. The van der Waals surface area contributed by atoms with Crippen LogP contribution in [0.5, 0.6) is 5.75 Å². The van der Waals surface area contributed by atoms with Gasteiger partial charge >= 0.3 is 0 Å². The zero-order chi connectivity index (χ0) is 21.2. The molecule has 2 fully saturated rings. The Morgan fingerprint density at radius 3 is 2.34 bits per heavy atom. The molecule has 1 aromatic carbocycles. The van der Waals surface area contributed by atoms with Gasteiger partial charge in [0.1, 0.15) is 5.75 Å². The summed E-state index contributed by atoms with van der Waals surface area (Å²) in [6.45, 7) is 16.2. The lowest BCUT2D eigenvalue weighted by Crippen LogP contribution is -2.47. The van der Waals surface area contributed by atoms with Crippen molar-refractivity contribution >= 4 is 22.3 Å². The highest BCUT2D eigenvalue weighted by atomic mass is 28.4. The maximum absolute atomic E-state index is 6.71. The second kappa shape index (κ2) is 7.13. The predicted octanol–water partition coefficient (Wildman–Crippen LogP) is 6.56. The van der Waals surface area contributed by atoms with Crippen LogP contribution in [0.1, 0.15) is 56.1 Å². The van der Waals surface area contributed by atoms with Crippen LogP contribution < -0.4 is 10.2 Å². The first kappa shape index (κ1) is 21.4.